The predicted octanol–water partition coefficient (Wildman–Crippen LogP) is 3.98. The number of hydrogen-bond acceptors (Lipinski definition) is 5. The van der Waals surface area contributed by atoms with E-state index in [2.05, 4.69) is 0 Å². The molecule has 4 aromatic carbocycles. The highest BCUT2D eigenvalue weighted by Crippen LogP contribution is 2.31. The van der Waals surface area contributed by atoms with Crippen LogP contribution in [0.5, 0.6) is 0 Å². The second-order valence-electron chi connectivity index (χ2n) is 6.15. The van der Waals surface area contributed by atoms with Gasteiger partial charge < -0.3 is 0 Å². The summed E-state index contributed by atoms with van der Waals surface area (Å²) in [5.41, 5.74) is -1.90. The maximum Gasteiger partial charge on any atom is 0.204 e. The van der Waals surface area contributed by atoms with Crippen molar-refractivity contribution in [1.82, 2.24) is 0 Å². The molecule has 0 N–H and O–H groups in total. The number of hydrogen-bond donors (Lipinski definition) is 0. The molecule has 0 radical (unpaired) electrons. The number of thiophene rings is 1. The molecular weight excluding hydrogens is 407 g/mol. The minimum absolute atomic E-state index is 0.0514. The van der Waals surface area contributed by atoms with E-state index in [-0.39, 0.29) is 51.8 Å². The Hall–Kier alpha value is -2.60. The Morgan fingerprint density at radius 2 is 0.963 bits per heavy atom. The average Bonchev–Trinajstić information content (AvgIpc) is 3.05. The number of benzene rings is 4. The largest absolute Gasteiger partial charge is 0.288 e. The summed E-state index contributed by atoms with van der Waals surface area (Å²) in [6, 6.07) is 9.20. The Balaban J connectivity index is 2.26. The van der Waals surface area contributed by atoms with Crippen LogP contribution in [0.1, 0.15) is 0 Å². The fourth-order valence-electron chi connectivity index (χ4n) is 3.57. The Kier molecular flexibility index (Phi) is 3.35. The zero-order valence-corrected chi connectivity index (χ0v) is 15.6. The number of rotatable bonds is 0. The minimum atomic E-state index is -0.528. The Labute approximate surface area is 163 Å². The lowest BCUT2D eigenvalue weighted by Gasteiger charge is -2.00. The lowest BCUT2D eigenvalue weighted by atomic mass is 10.0. The summed E-state index contributed by atoms with van der Waals surface area (Å²) < 4.78 is 0.177. The van der Waals surface area contributed by atoms with Crippen LogP contribution in [0.25, 0.3) is 41.7 Å². The van der Waals surface area contributed by atoms with Crippen LogP contribution in [0.2, 0.25) is 10.0 Å². The topological polar surface area (TPSA) is 68.3 Å². The predicted molar refractivity (Wildman–Crippen MR) is 112 cm³/mol. The number of fused-ring (bicyclic) bond motifs is 5. The van der Waals surface area contributed by atoms with Crippen molar-refractivity contribution >= 4 is 76.3 Å². The molecule has 0 atom stereocenters. The Bertz CT molecular complexity index is 1550. The van der Waals surface area contributed by atoms with Crippen LogP contribution in [0, 0.1) is 0 Å². The fraction of sp³-hybridized carbons (Fsp3) is 0. The van der Waals surface area contributed by atoms with E-state index in [0.717, 1.165) is 11.3 Å². The van der Waals surface area contributed by atoms with Gasteiger partial charge in [0.2, 0.25) is 10.9 Å². The van der Waals surface area contributed by atoms with Gasteiger partial charge >= 0.3 is 0 Å². The third-order valence-electron chi connectivity index (χ3n) is 4.75. The highest BCUT2D eigenvalue weighted by atomic mass is 35.5. The summed E-state index contributed by atoms with van der Waals surface area (Å²) in [5.74, 6) is 0. The van der Waals surface area contributed by atoms with E-state index in [1.165, 1.54) is 24.3 Å². The van der Waals surface area contributed by atoms with Gasteiger partial charge in [0, 0.05) is 10.8 Å². The molecule has 1 aromatic heterocycles. The Morgan fingerprint density at radius 1 is 0.556 bits per heavy atom. The van der Waals surface area contributed by atoms with E-state index < -0.39 is 21.7 Å². The first-order valence-electron chi connectivity index (χ1n) is 7.84. The van der Waals surface area contributed by atoms with Crippen molar-refractivity contribution in [2.75, 3.05) is 0 Å². The van der Waals surface area contributed by atoms with Gasteiger partial charge in [0.1, 0.15) is 0 Å². The molecule has 0 aliphatic heterocycles. The van der Waals surface area contributed by atoms with Crippen molar-refractivity contribution in [3.8, 4) is 0 Å². The summed E-state index contributed by atoms with van der Waals surface area (Å²) >= 11 is 13.2. The lowest BCUT2D eigenvalue weighted by Crippen LogP contribution is -2.15. The van der Waals surface area contributed by atoms with Crippen molar-refractivity contribution in [3.05, 3.63) is 87.3 Å². The molecule has 1 heterocycles. The van der Waals surface area contributed by atoms with Crippen LogP contribution >= 0.6 is 34.5 Å². The molecule has 0 saturated carbocycles. The third-order valence-corrected chi connectivity index (χ3v) is 6.56. The standard InChI is InChI=1S/C20H6Cl2O4S/c21-9-5-1-3-7-11(9)17(25)13-14-18(26)12-8(4-2-6-10(12)22)16(24)20(14)27-19(13)15(7)23/h1-6H. The molecule has 0 saturated heterocycles. The zero-order valence-electron chi connectivity index (χ0n) is 13.3. The lowest BCUT2D eigenvalue weighted by molar-refractivity contribution is 1.69. The van der Waals surface area contributed by atoms with E-state index in [0.29, 0.717) is 0 Å². The van der Waals surface area contributed by atoms with Crippen molar-refractivity contribution < 1.29 is 0 Å². The first kappa shape index (κ1) is 16.6. The molecule has 4 nitrogen and oxygen atoms in total. The SMILES string of the molecule is O=c1c2cccc(Cl)c2c(=O)c2c1sc1c(=O)c3cccc(Cl)c3c(=O)c12. The molecule has 130 valence electrons. The number of halogens is 2. The molecule has 5 rings (SSSR count). The molecule has 5 aromatic rings. The van der Waals surface area contributed by atoms with Gasteiger partial charge in [-0.1, -0.05) is 47.5 Å². The normalized spacial score (nSPS) is 11.9. The summed E-state index contributed by atoms with van der Waals surface area (Å²) in [6.07, 6.45) is 0. The van der Waals surface area contributed by atoms with Crippen LogP contribution in [0.3, 0.4) is 0 Å². The van der Waals surface area contributed by atoms with Crippen LogP contribution < -0.4 is 21.7 Å². The van der Waals surface area contributed by atoms with E-state index >= 15 is 0 Å². The molecule has 27 heavy (non-hydrogen) atoms. The van der Waals surface area contributed by atoms with Gasteiger partial charge in [-0.25, -0.2) is 0 Å². The quantitative estimate of drug-likeness (QED) is 0.385. The summed E-state index contributed by atoms with van der Waals surface area (Å²) in [7, 11) is 0. The summed E-state index contributed by atoms with van der Waals surface area (Å²) in [4.78, 5) is 52.1. The smallest absolute Gasteiger partial charge is 0.204 e. The molecule has 0 aliphatic rings. The minimum Gasteiger partial charge on any atom is -0.288 e. The zero-order chi connectivity index (χ0) is 19.0. The maximum absolute atomic E-state index is 13.1. The molecule has 0 amide bonds. The summed E-state index contributed by atoms with van der Waals surface area (Å²) in [6.45, 7) is 0. The molecule has 0 spiro atoms. The second kappa shape index (κ2) is 5.45. The first-order valence-corrected chi connectivity index (χ1v) is 9.41. The monoisotopic (exact) mass is 412 g/mol. The molecule has 0 unspecified atom stereocenters. The van der Waals surface area contributed by atoms with E-state index in [1.807, 2.05) is 0 Å². The molecule has 0 fully saturated rings. The van der Waals surface area contributed by atoms with Crippen molar-refractivity contribution in [1.29, 1.82) is 0 Å². The molecule has 7 heteroatoms. The first-order chi connectivity index (χ1) is 12.9. The molecular formula is C20H6Cl2O4S. The average molecular weight is 413 g/mol. The van der Waals surface area contributed by atoms with Crippen molar-refractivity contribution in [2.24, 2.45) is 0 Å². The van der Waals surface area contributed by atoms with Gasteiger partial charge in [-0.2, -0.15) is 0 Å². The highest BCUT2D eigenvalue weighted by Gasteiger charge is 2.23. The van der Waals surface area contributed by atoms with Gasteiger partial charge in [-0.3, -0.25) is 19.2 Å². The van der Waals surface area contributed by atoms with Crippen molar-refractivity contribution in [3.63, 3.8) is 0 Å². The van der Waals surface area contributed by atoms with E-state index in [1.54, 1.807) is 12.1 Å². The van der Waals surface area contributed by atoms with E-state index in [4.69, 9.17) is 23.2 Å². The van der Waals surface area contributed by atoms with Gasteiger partial charge in [0.25, 0.3) is 0 Å². The Morgan fingerprint density at radius 3 is 1.37 bits per heavy atom. The van der Waals surface area contributed by atoms with Crippen LogP contribution in [-0.2, 0) is 0 Å². The summed E-state index contributed by atoms with van der Waals surface area (Å²) in [5, 5.41) is 0.621. The third kappa shape index (κ3) is 1.99. The van der Waals surface area contributed by atoms with E-state index in [9.17, 15) is 19.2 Å². The van der Waals surface area contributed by atoms with Crippen LogP contribution in [0.15, 0.2) is 55.6 Å². The maximum atomic E-state index is 13.1. The fourth-order valence-corrected chi connectivity index (χ4v) is 5.29. The molecule has 0 aliphatic carbocycles. The van der Waals surface area contributed by atoms with Crippen LogP contribution in [-0.4, -0.2) is 0 Å². The van der Waals surface area contributed by atoms with Gasteiger partial charge in [-0.15, -0.1) is 11.3 Å². The molecule has 0 bridgehead atoms. The van der Waals surface area contributed by atoms with Crippen molar-refractivity contribution in [2.45, 2.75) is 0 Å². The highest BCUT2D eigenvalue weighted by molar-refractivity contribution is 7.25. The van der Waals surface area contributed by atoms with Gasteiger partial charge in [0.15, 0.2) is 10.9 Å². The van der Waals surface area contributed by atoms with Gasteiger partial charge in [0.05, 0.1) is 41.0 Å². The van der Waals surface area contributed by atoms with Gasteiger partial charge in [-0.05, 0) is 12.1 Å². The van der Waals surface area contributed by atoms with Crippen LogP contribution in [0.4, 0.5) is 0 Å². The second-order valence-corrected chi connectivity index (χ2v) is 7.99.